The number of nitrogens with zero attached hydrogens (tertiary/aromatic N) is 2. The number of rotatable bonds is 12. The zero-order valence-electron chi connectivity index (χ0n) is 30.6. The van der Waals surface area contributed by atoms with Crippen molar-refractivity contribution < 1.29 is 43.7 Å². The van der Waals surface area contributed by atoms with Gasteiger partial charge in [0, 0.05) is 40.0 Å². The summed E-state index contributed by atoms with van der Waals surface area (Å²) in [5, 5.41) is 19.6. The topological polar surface area (TPSA) is 154 Å². The largest absolute Gasteiger partial charge is 0.497 e. The van der Waals surface area contributed by atoms with Crippen molar-refractivity contribution in [3.63, 3.8) is 0 Å². The number of carbonyl (C=O) groups excluding carboxylic acids is 3. The van der Waals surface area contributed by atoms with Crippen LogP contribution in [0.3, 0.4) is 0 Å². The Morgan fingerprint density at radius 1 is 0.782 bits per heavy atom. The Labute approximate surface area is 322 Å². The Kier molecular flexibility index (Phi) is 12.7. The van der Waals surface area contributed by atoms with Crippen LogP contribution < -0.4 is 4.74 Å². The number of carboxylic acids is 2. The fraction of sp³-hybridized carbons (Fsp3) is 0.186. The molecule has 1 atom stereocenters. The maximum atomic E-state index is 13.4. The highest BCUT2D eigenvalue weighted by Crippen LogP contribution is 2.31. The van der Waals surface area contributed by atoms with Crippen LogP contribution in [0.5, 0.6) is 5.75 Å². The SMILES string of the molecule is COc1ccc2c(c1)c(CC(=O)OCC(C(=O)O)c1ccccc1)c(C)n2C(=O)c1ccc(Cl)cc1.Cc1ccc(C(=O)c2ccc(CC(=O)O)n2C)cc1. The number of carboxylic acid groups (broad SMARTS) is 2. The van der Waals surface area contributed by atoms with Crippen LogP contribution >= 0.6 is 11.6 Å². The van der Waals surface area contributed by atoms with Crippen LogP contribution in [0.2, 0.25) is 5.02 Å². The van der Waals surface area contributed by atoms with Gasteiger partial charge in [-0.05, 0) is 79.6 Å². The number of carbonyl (C=O) groups is 5. The minimum atomic E-state index is -1.08. The molecule has 0 saturated heterocycles. The Morgan fingerprint density at radius 3 is 2.05 bits per heavy atom. The van der Waals surface area contributed by atoms with E-state index < -0.39 is 23.8 Å². The molecule has 11 nitrogen and oxygen atoms in total. The molecule has 55 heavy (non-hydrogen) atoms. The Hall–Kier alpha value is -6.46. The van der Waals surface area contributed by atoms with Crippen molar-refractivity contribution in [3.8, 4) is 5.75 Å². The summed E-state index contributed by atoms with van der Waals surface area (Å²) < 4.78 is 13.9. The van der Waals surface area contributed by atoms with E-state index in [1.807, 2.05) is 19.1 Å². The summed E-state index contributed by atoms with van der Waals surface area (Å²) in [6.07, 6.45) is -0.227. The number of ketones is 1. The lowest BCUT2D eigenvalue weighted by Gasteiger charge is -2.13. The van der Waals surface area contributed by atoms with E-state index in [0.717, 1.165) is 5.56 Å². The number of aromatic nitrogens is 2. The molecule has 12 heteroatoms. The van der Waals surface area contributed by atoms with Crippen LogP contribution in [-0.2, 0) is 39.0 Å². The summed E-state index contributed by atoms with van der Waals surface area (Å²) in [5.74, 6) is -3.36. The van der Waals surface area contributed by atoms with Gasteiger partial charge in [0.2, 0.25) is 5.78 Å². The lowest BCUT2D eigenvalue weighted by Crippen LogP contribution is -2.21. The number of aliphatic carboxylic acids is 2. The maximum Gasteiger partial charge on any atom is 0.314 e. The molecule has 282 valence electrons. The quantitative estimate of drug-likeness (QED) is 0.0956. The summed E-state index contributed by atoms with van der Waals surface area (Å²) in [7, 11) is 3.24. The predicted molar refractivity (Wildman–Crippen MR) is 207 cm³/mol. The summed E-state index contributed by atoms with van der Waals surface area (Å²) in [4.78, 5) is 61.0. The standard InChI is InChI=1S/C28H24ClNO6.C15H15NO3/c1-17-22(15-26(31)36-16-24(28(33)34)18-6-4-3-5-7-18)23-14-21(35-2)12-13-25(23)30(17)27(32)19-8-10-20(29)11-9-19;1-10-3-5-11(6-4-10)15(19)13-8-7-12(16(13)2)9-14(17)18/h3-14,24H,15-16H2,1-2H3,(H,33,34);3-8H,9H2,1-2H3,(H,17,18). The number of hydrogen-bond donors (Lipinski definition) is 2. The average molecular weight is 763 g/mol. The number of ether oxygens (including phenoxy) is 2. The molecule has 2 N–H and O–H groups in total. The van der Waals surface area contributed by atoms with E-state index in [-0.39, 0.29) is 31.1 Å². The molecule has 0 radical (unpaired) electrons. The van der Waals surface area contributed by atoms with Crippen LogP contribution in [0, 0.1) is 13.8 Å². The molecule has 0 aliphatic carbocycles. The van der Waals surface area contributed by atoms with Gasteiger partial charge >= 0.3 is 17.9 Å². The van der Waals surface area contributed by atoms with Gasteiger partial charge in [0.25, 0.3) is 5.91 Å². The van der Waals surface area contributed by atoms with Crippen LogP contribution in [0.4, 0.5) is 0 Å². The highest BCUT2D eigenvalue weighted by Gasteiger charge is 2.25. The Morgan fingerprint density at radius 2 is 1.44 bits per heavy atom. The number of esters is 1. The Balaban J connectivity index is 0.000000256. The molecule has 0 aliphatic heterocycles. The summed E-state index contributed by atoms with van der Waals surface area (Å²) in [6, 6.07) is 31.1. The fourth-order valence-electron chi connectivity index (χ4n) is 6.13. The number of halogens is 1. The molecular formula is C43H39ClN2O9. The van der Waals surface area contributed by atoms with Crippen molar-refractivity contribution in [1.82, 2.24) is 9.13 Å². The molecule has 1 unspecified atom stereocenters. The van der Waals surface area contributed by atoms with Crippen LogP contribution in [0.15, 0.2) is 109 Å². The van der Waals surface area contributed by atoms with Gasteiger partial charge in [0.15, 0.2) is 0 Å². The van der Waals surface area contributed by atoms with Crippen LogP contribution in [0.25, 0.3) is 10.9 Å². The van der Waals surface area contributed by atoms with Crippen molar-refractivity contribution in [3.05, 3.63) is 159 Å². The van der Waals surface area contributed by atoms with Gasteiger partial charge in [0.1, 0.15) is 18.3 Å². The van der Waals surface area contributed by atoms with Crippen molar-refractivity contribution in [1.29, 1.82) is 0 Å². The first-order valence-corrected chi connectivity index (χ1v) is 17.6. The minimum absolute atomic E-state index is 0.0856. The number of aryl methyl sites for hydroxylation is 1. The van der Waals surface area contributed by atoms with Crippen molar-refractivity contribution >= 4 is 52.1 Å². The van der Waals surface area contributed by atoms with E-state index in [1.54, 1.807) is 120 Å². The van der Waals surface area contributed by atoms with E-state index in [9.17, 15) is 29.1 Å². The highest BCUT2D eigenvalue weighted by atomic mass is 35.5. The number of methoxy groups -OCH3 is 1. The molecule has 2 heterocycles. The predicted octanol–water partition coefficient (Wildman–Crippen LogP) is 7.45. The average Bonchev–Trinajstić information content (AvgIpc) is 3.66. The fourth-order valence-corrected chi connectivity index (χ4v) is 6.26. The van der Waals surface area contributed by atoms with Gasteiger partial charge in [-0.3, -0.25) is 28.5 Å². The number of hydrogen-bond acceptors (Lipinski definition) is 7. The second-order valence-corrected chi connectivity index (χ2v) is 13.2. The lowest BCUT2D eigenvalue weighted by atomic mass is 10.0. The molecule has 0 aliphatic rings. The molecular weight excluding hydrogens is 724 g/mol. The molecule has 0 fully saturated rings. The van der Waals surface area contributed by atoms with Gasteiger partial charge in [-0.15, -0.1) is 0 Å². The first-order valence-electron chi connectivity index (χ1n) is 17.2. The van der Waals surface area contributed by atoms with Crippen LogP contribution in [0.1, 0.15) is 60.4 Å². The third kappa shape index (κ3) is 9.38. The normalized spacial score (nSPS) is 11.3. The number of fused-ring (bicyclic) bond motifs is 1. The molecule has 6 rings (SSSR count). The van der Waals surface area contributed by atoms with Gasteiger partial charge in [-0.2, -0.15) is 0 Å². The smallest absolute Gasteiger partial charge is 0.314 e. The van der Waals surface area contributed by atoms with Gasteiger partial charge in [-0.1, -0.05) is 71.8 Å². The first-order chi connectivity index (χ1) is 26.3. The number of benzene rings is 4. The minimum Gasteiger partial charge on any atom is -0.497 e. The van der Waals surface area contributed by atoms with Crippen molar-refractivity contribution in [2.45, 2.75) is 32.6 Å². The van der Waals surface area contributed by atoms with E-state index in [0.29, 0.717) is 61.0 Å². The molecule has 4 aromatic carbocycles. The third-order valence-corrected chi connectivity index (χ3v) is 9.42. The second kappa shape index (κ2) is 17.6. The summed E-state index contributed by atoms with van der Waals surface area (Å²) in [5.41, 5.74) is 5.59. The second-order valence-electron chi connectivity index (χ2n) is 12.8. The molecule has 0 saturated carbocycles. The zero-order valence-corrected chi connectivity index (χ0v) is 31.4. The third-order valence-electron chi connectivity index (χ3n) is 9.17. The van der Waals surface area contributed by atoms with Gasteiger partial charge in [0.05, 0.1) is 31.2 Å². The Bertz CT molecular complexity index is 2360. The molecule has 2 aromatic heterocycles. The summed E-state index contributed by atoms with van der Waals surface area (Å²) in [6.45, 7) is 3.41. The summed E-state index contributed by atoms with van der Waals surface area (Å²) >= 11 is 5.97. The zero-order chi connectivity index (χ0) is 39.8. The van der Waals surface area contributed by atoms with Crippen molar-refractivity contribution in [2.75, 3.05) is 13.7 Å². The van der Waals surface area contributed by atoms with E-state index in [1.165, 1.54) is 7.11 Å². The highest BCUT2D eigenvalue weighted by molar-refractivity contribution is 6.30. The lowest BCUT2D eigenvalue weighted by molar-refractivity contribution is -0.147. The van der Waals surface area contributed by atoms with Gasteiger partial charge in [-0.25, -0.2) is 0 Å². The molecule has 0 bridgehead atoms. The van der Waals surface area contributed by atoms with Crippen molar-refractivity contribution in [2.24, 2.45) is 7.05 Å². The maximum absolute atomic E-state index is 13.4. The first kappa shape index (κ1) is 39.7. The molecule has 6 aromatic rings. The van der Waals surface area contributed by atoms with Gasteiger partial charge < -0.3 is 24.3 Å². The molecule has 0 spiro atoms. The van der Waals surface area contributed by atoms with E-state index in [4.69, 9.17) is 26.2 Å². The molecule has 0 amide bonds. The monoisotopic (exact) mass is 762 g/mol. The van der Waals surface area contributed by atoms with E-state index >= 15 is 0 Å². The van der Waals surface area contributed by atoms with E-state index in [2.05, 4.69) is 0 Å². The van der Waals surface area contributed by atoms with Crippen LogP contribution in [-0.4, -0.2) is 62.7 Å².